The number of carboxylic acids is 1. The second-order valence-electron chi connectivity index (χ2n) is 4.16. The van der Waals surface area contributed by atoms with Crippen LogP contribution < -0.4 is 0 Å². The molecule has 8 heteroatoms. The first-order valence-electron chi connectivity index (χ1n) is 5.67. The first kappa shape index (κ1) is 15.8. The molecule has 0 radical (unpaired) electrons. The molecule has 1 aliphatic rings. The molecule has 1 aromatic carbocycles. The standard InChI is InChI=1S/C12H11Cl2NO3S2/c13-6-1-2-7(8(14)3-6)11-15(10(16)4-19)9(5-20-11)12(17)18/h1-3,9,11,19H,4-5H2,(H,17,18)/t9-,11?/m0/s1. The SMILES string of the molecule is O=C(O)[C@@H]1CSC(c2ccc(Cl)cc2Cl)N1C(=O)CS. The van der Waals surface area contributed by atoms with Gasteiger partial charge in [0.05, 0.1) is 5.75 Å². The van der Waals surface area contributed by atoms with Gasteiger partial charge < -0.3 is 10.0 Å². The Morgan fingerprint density at radius 2 is 2.15 bits per heavy atom. The monoisotopic (exact) mass is 351 g/mol. The highest BCUT2D eigenvalue weighted by Gasteiger charge is 2.42. The van der Waals surface area contributed by atoms with Crippen molar-refractivity contribution in [3.63, 3.8) is 0 Å². The van der Waals surface area contributed by atoms with Gasteiger partial charge in [-0.25, -0.2) is 4.79 Å². The topological polar surface area (TPSA) is 57.6 Å². The van der Waals surface area contributed by atoms with Crippen molar-refractivity contribution in [1.29, 1.82) is 0 Å². The summed E-state index contributed by atoms with van der Waals surface area (Å²) in [6, 6.07) is 4.10. The molecule has 1 aromatic rings. The fourth-order valence-electron chi connectivity index (χ4n) is 2.02. The van der Waals surface area contributed by atoms with E-state index in [1.165, 1.54) is 16.7 Å². The Morgan fingerprint density at radius 1 is 1.45 bits per heavy atom. The molecule has 1 unspecified atom stereocenters. The van der Waals surface area contributed by atoms with Crippen molar-refractivity contribution in [3.05, 3.63) is 33.8 Å². The molecule has 1 amide bonds. The number of hydrogen-bond acceptors (Lipinski definition) is 4. The predicted molar refractivity (Wildman–Crippen MR) is 83.8 cm³/mol. The lowest BCUT2D eigenvalue weighted by Crippen LogP contribution is -2.43. The quantitative estimate of drug-likeness (QED) is 0.822. The summed E-state index contributed by atoms with van der Waals surface area (Å²) in [5.74, 6) is -1.09. The van der Waals surface area contributed by atoms with Gasteiger partial charge in [0.15, 0.2) is 0 Å². The number of carbonyl (C=O) groups is 2. The van der Waals surface area contributed by atoms with Gasteiger partial charge in [0.25, 0.3) is 0 Å². The van der Waals surface area contributed by atoms with Gasteiger partial charge in [-0.05, 0) is 12.1 Å². The van der Waals surface area contributed by atoms with Crippen LogP contribution in [0.15, 0.2) is 18.2 Å². The van der Waals surface area contributed by atoms with E-state index in [9.17, 15) is 14.7 Å². The zero-order chi connectivity index (χ0) is 14.9. The molecule has 2 rings (SSSR count). The first-order chi connectivity index (χ1) is 9.45. The maximum atomic E-state index is 12.0. The maximum absolute atomic E-state index is 12.0. The van der Waals surface area contributed by atoms with Crippen LogP contribution in [-0.2, 0) is 9.59 Å². The van der Waals surface area contributed by atoms with Crippen molar-refractivity contribution in [2.75, 3.05) is 11.5 Å². The van der Waals surface area contributed by atoms with Crippen molar-refractivity contribution in [2.24, 2.45) is 0 Å². The fraction of sp³-hybridized carbons (Fsp3) is 0.333. The van der Waals surface area contributed by atoms with Crippen LogP contribution in [0.4, 0.5) is 0 Å². The number of thioether (sulfide) groups is 1. The lowest BCUT2D eigenvalue weighted by atomic mass is 10.1. The van der Waals surface area contributed by atoms with Gasteiger partial charge in [-0.3, -0.25) is 4.79 Å². The van der Waals surface area contributed by atoms with E-state index in [2.05, 4.69) is 12.6 Å². The van der Waals surface area contributed by atoms with E-state index >= 15 is 0 Å². The van der Waals surface area contributed by atoms with Crippen molar-refractivity contribution in [3.8, 4) is 0 Å². The molecule has 20 heavy (non-hydrogen) atoms. The molecule has 0 aromatic heterocycles. The Balaban J connectivity index is 2.39. The molecule has 1 N–H and O–H groups in total. The van der Waals surface area contributed by atoms with Gasteiger partial charge in [0, 0.05) is 21.4 Å². The van der Waals surface area contributed by atoms with Crippen molar-refractivity contribution in [1.82, 2.24) is 4.90 Å². The maximum Gasteiger partial charge on any atom is 0.327 e. The summed E-state index contributed by atoms with van der Waals surface area (Å²) in [6.45, 7) is 0. The van der Waals surface area contributed by atoms with Crippen LogP contribution in [-0.4, -0.2) is 39.4 Å². The Bertz CT molecular complexity index is 556. The highest BCUT2D eigenvalue weighted by atomic mass is 35.5. The lowest BCUT2D eigenvalue weighted by molar-refractivity contribution is -0.148. The van der Waals surface area contributed by atoms with Crippen LogP contribution in [0.3, 0.4) is 0 Å². The van der Waals surface area contributed by atoms with Crippen LogP contribution in [0, 0.1) is 0 Å². The molecular weight excluding hydrogens is 341 g/mol. The van der Waals surface area contributed by atoms with Crippen molar-refractivity contribution in [2.45, 2.75) is 11.4 Å². The molecule has 1 fully saturated rings. The zero-order valence-corrected chi connectivity index (χ0v) is 13.3. The second-order valence-corrected chi connectivity index (χ2v) is 6.44. The number of carboxylic acid groups (broad SMARTS) is 1. The first-order valence-corrected chi connectivity index (χ1v) is 8.10. The molecule has 0 spiro atoms. The molecule has 4 nitrogen and oxygen atoms in total. The van der Waals surface area contributed by atoms with Crippen LogP contribution in [0.25, 0.3) is 0 Å². The molecule has 1 saturated heterocycles. The lowest BCUT2D eigenvalue weighted by Gasteiger charge is -2.27. The summed E-state index contributed by atoms with van der Waals surface area (Å²) in [4.78, 5) is 24.6. The summed E-state index contributed by atoms with van der Waals surface area (Å²) in [7, 11) is 0. The number of hydrogen-bond donors (Lipinski definition) is 2. The average molecular weight is 352 g/mol. The highest BCUT2D eigenvalue weighted by molar-refractivity contribution is 7.99. The normalized spacial score (nSPS) is 22.1. The van der Waals surface area contributed by atoms with Crippen LogP contribution in [0.2, 0.25) is 10.0 Å². The number of carbonyl (C=O) groups excluding carboxylic acids is 1. The summed E-state index contributed by atoms with van der Waals surface area (Å²) >= 11 is 17.3. The molecule has 2 atom stereocenters. The van der Waals surface area contributed by atoms with Crippen molar-refractivity contribution >= 4 is 59.5 Å². The van der Waals surface area contributed by atoms with Gasteiger partial charge >= 0.3 is 5.97 Å². The van der Waals surface area contributed by atoms with Gasteiger partial charge in [-0.15, -0.1) is 11.8 Å². The highest BCUT2D eigenvalue weighted by Crippen LogP contribution is 2.44. The number of nitrogens with zero attached hydrogens (tertiary/aromatic N) is 1. The molecule has 0 saturated carbocycles. The number of amides is 1. The molecule has 1 aliphatic heterocycles. The minimum atomic E-state index is -1.03. The third-order valence-corrected chi connectivity index (χ3v) is 5.08. The van der Waals surface area contributed by atoms with Crippen LogP contribution in [0.1, 0.15) is 10.9 Å². The molecule has 0 aliphatic carbocycles. The Labute approximate surface area is 135 Å². The minimum Gasteiger partial charge on any atom is -0.480 e. The molecule has 1 heterocycles. The largest absolute Gasteiger partial charge is 0.480 e. The van der Waals surface area contributed by atoms with Gasteiger partial charge in [0.1, 0.15) is 11.4 Å². The smallest absolute Gasteiger partial charge is 0.327 e. The average Bonchev–Trinajstić information content (AvgIpc) is 2.82. The number of benzene rings is 1. The summed E-state index contributed by atoms with van der Waals surface area (Å²) in [5, 5.41) is 9.69. The molecule has 0 bridgehead atoms. The molecule has 108 valence electrons. The Hall–Kier alpha value is -0.560. The van der Waals surface area contributed by atoms with E-state index in [0.29, 0.717) is 21.4 Å². The summed E-state index contributed by atoms with van der Waals surface area (Å²) < 4.78 is 0. The number of rotatable bonds is 3. The van der Waals surface area contributed by atoms with Gasteiger partial charge in [-0.1, -0.05) is 29.3 Å². The zero-order valence-electron chi connectivity index (χ0n) is 10.1. The van der Waals surface area contributed by atoms with E-state index in [1.807, 2.05) is 0 Å². The third kappa shape index (κ3) is 3.03. The fourth-order valence-corrected chi connectivity index (χ4v) is 4.24. The van der Waals surface area contributed by atoms with E-state index in [4.69, 9.17) is 23.2 Å². The van der Waals surface area contributed by atoms with E-state index < -0.39 is 17.4 Å². The Kier molecular flexibility index (Phi) is 5.12. The van der Waals surface area contributed by atoms with Crippen LogP contribution in [0.5, 0.6) is 0 Å². The van der Waals surface area contributed by atoms with E-state index in [1.54, 1.807) is 18.2 Å². The van der Waals surface area contributed by atoms with E-state index in [-0.39, 0.29) is 11.7 Å². The van der Waals surface area contributed by atoms with Gasteiger partial charge in [0.2, 0.25) is 5.91 Å². The third-order valence-electron chi connectivity index (χ3n) is 2.94. The van der Waals surface area contributed by atoms with Crippen LogP contribution >= 0.6 is 47.6 Å². The summed E-state index contributed by atoms with van der Waals surface area (Å²) in [6.07, 6.45) is 0. The second kappa shape index (κ2) is 6.47. The van der Waals surface area contributed by atoms with E-state index in [0.717, 1.165) is 0 Å². The number of aliphatic carboxylic acids is 1. The predicted octanol–water partition coefficient (Wildman–Crippen LogP) is 2.95. The minimum absolute atomic E-state index is 0.0496. The molecular formula is C12H11Cl2NO3S2. The van der Waals surface area contributed by atoms with Crippen molar-refractivity contribution < 1.29 is 14.7 Å². The Morgan fingerprint density at radius 3 is 2.70 bits per heavy atom. The number of thiol groups is 1. The van der Waals surface area contributed by atoms with Gasteiger partial charge in [-0.2, -0.15) is 12.6 Å². The summed E-state index contributed by atoms with van der Waals surface area (Å²) in [5.41, 5.74) is 0.681. The number of halogens is 2.